The van der Waals surface area contributed by atoms with E-state index in [4.69, 9.17) is 0 Å². The molecular weight excluding hydrogens is 244 g/mol. The SMILES string of the molecule is CCCCCC(C)CC/C=C\CCCCCCCC=O. The van der Waals surface area contributed by atoms with E-state index in [0.717, 1.165) is 25.0 Å². The van der Waals surface area contributed by atoms with Crippen LogP contribution in [0, 0.1) is 5.92 Å². The summed E-state index contributed by atoms with van der Waals surface area (Å²) in [7, 11) is 0. The topological polar surface area (TPSA) is 17.1 Å². The lowest BCUT2D eigenvalue weighted by Crippen LogP contribution is -1.93. The summed E-state index contributed by atoms with van der Waals surface area (Å²) in [4.78, 5) is 10.2. The number of carbonyl (C=O) groups is 1. The van der Waals surface area contributed by atoms with Gasteiger partial charge in [0.1, 0.15) is 6.29 Å². The molecule has 0 rings (SSSR count). The van der Waals surface area contributed by atoms with Crippen LogP contribution in [-0.2, 0) is 4.79 Å². The summed E-state index contributed by atoms with van der Waals surface area (Å²) in [5, 5.41) is 0. The molecule has 0 aliphatic rings. The number of allylic oxidation sites excluding steroid dienone is 2. The number of unbranched alkanes of at least 4 members (excludes halogenated alkanes) is 8. The molecule has 0 fully saturated rings. The predicted molar refractivity (Wildman–Crippen MR) is 90.1 cm³/mol. The highest BCUT2D eigenvalue weighted by Crippen LogP contribution is 2.15. The second kappa shape index (κ2) is 16.5. The van der Waals surface area contributed by atoms with Crippen molar-refractivity contribution < 1.29 is 4.79 Å². The summed E-state index contributed by atoms with van der Waals surface area (Å²) in [6, 6.07) is 0. The van der Waals surface area contributed by atoms with Crippen LogP contribution in [0.25, 0.3) is 0 Å². The number of carbonyl (C=O) groups excluding carboxylic acids is 1. The first-order valence-corrected chi connectivity index (χ1v) is 8.89. The van der Waals surface area contributed by atoms with E-state index >= 15 is 0 Å². The van der Waals surface area contributed by atoms with Crippen LogP contribution < -0.4 is 0 Å². The van der Waals surface area contributed by atoms with E-state index < -0.39 is 0 Å². The predicted octanol–water partition coefficient (Wildman–Crippen LogP) is 6.47. The maximum Gasteiger partial charge on any atom is 0.119 e. The van der Waals surface area contributed by atoms with Crippen LogP contribution >= 0.6 is 0 Å². The van der Waals surface area contributed by atoms with Crippen LogP contribution in [0.15, 0.2) is 12.2 Å². The second-order valence-corrected chi connectivity index (χ2v) is 6.16. The van der Waals surface area contributed by atoms with Gasteiger partial charge in [-0.05, 0) is 38.0 Å². The van der Waals surface area contributed by atoms with Crippen LogP contribution in [0.2, 0.25) is 0 Å². The molecule has 0 amide bonds. The Morgan fingerprint density at radius 3 is 2.10 bits per heavy atom. The average Bonchev–Trinajstić information content (AvgIpc) is 2.45. The second-order valence-electron chi connectivity index (χ2n) is 6.16. The van der Waals surface area contributed by atoms with E-state index in [1.807, 2.05) is 0 Å². The van der Waals surface area contributed by atoms with Crippen molar-refractivity contribution in [1.29, 1.82) is 0 Å². The van der Waals surface area contributed by atoms with E-state index in [1.165, 1.54) is 70.6 Å². The van der Waals surface area contributed by atoms with Gasteiger partial charge in [-0.1, -0.05) is 70.9 Å². The highest BCUT2D eigenvalue weighted by Gasteiger charge is 1.99. The van der Waals surface area contributed by atoms with Gasteiger partial charge in [-0.25, -0.2) is 0 Å². The number of aldehydes is 1. The molecule has 0 saturated carbocycles. The Hall–Kier alpha value is -0.590. The molecule has 0 aliphatic heterocycles. The van der Waals surface area contributed by atoms with Gasteiger partial charge in [-0.2, -0.15) is 0 Å². The lowest BCUT2D eigenvalue weighted by Gasteiger charge is -2.08. The number of hydrogen-bond acceptors (Lipinski definition) is 1. The lowest BCUT2D eigenvalue weighted by molar-refractivity contribution is -0.107. The zero-order chi connectivity index (χ0) is 14.9. The summed E-state index contributed by atoms with van der Waals surface area (Å²) in [6.07, 6.45) is 22.1. The normalized spacial score (nSPS) is 12.9. The van der Waals surface area contributed by atoms with Gasteiger partial charge in [-0.3, -0.25) is 0 Å². The molecule has 0 aromatic heterocycles. The van der Waals surface area contributed by atoms with Crippen LogP contribution in [-0.4, -0.2) is 6.29 Å². The molecule has 0 heterocycles. The highest BCUT2D eigenvalue weighted by atomic mass is 16.1. The van der Waals surface area contributed by atoms with E-state index in [1.54, 1.807) is 0 Å². The fourth-order valence-electron chi connectivity index (χ4n) is 2.52. The van der Waals surface area contributed by atoms with Crippen molar-refractivity contribution in [2.75, 3.05) is 0 Å². The smallest absolute Gasteiger partial charge is 0.119 e. The minimum Gasteiger partial charge on any atom is -0.303 e. The molecule has 0 aromatic rings. The third-order valence-corrected chi connectivity index (χ3v) is 3.99. The third kappa shape index (κ3) is 15.5. The number of hydrogen-bond donors (Lipinski definition) is 0. The molecular formula is C19H36O. The van der Waals surface area contributed by atoms with Crippen LogP contribution in [0.1, 0.15) is 97.3 Å². The molecule has 118 valence electrons. The van der Waals surface area contributed by atoms with E-state index in [0.29, 0.717) is 0 Å². The highest BCUT2D eigenvalue weighted by molar-refractivity contribution is 5.48. The Bertz CT molecular complexity index is 220. The quantitative estimate of drug-likeness (QED) is 0.191. The maximum absolute atomic E-state index is 10.2. The van der Waals surface area contributed by atoms with E-state index in [-0.39, 0.29) is 0 Å². The molecule has 0 bridgehead atoms. The van der Waals surface area contributed by atoms with Crippen LogP contribution in [0.5, 0.6) is 0 Å². The Balaban J connectivity index is 3.21. The zero-order valence-electron chi connectivity index (χ0n) is 13.9. The number of rotatable bonds is 15. The molecule has 1 atom stereocenters. The van der Waals surface area contributed by atoms with Gasteiger partial charge < -0.3 is 4.79 Å². The Morgan fingerprint density at radius 1 is 0.750 bits per heavy atom. The van der Waals surface area contributed by atoms with Crippen molar-refractivity contribution in [1.82, 2.24) is 0 Å². The van der Waals surface area contributed by atoms with Gasteiger partial charge in [0.25, 0.3) is 0 Å². The van der Waals surface area contributed by atoms with Crippen LogP contribution in [0.3, 0.4) is 0 Å². The van der Waals surface area contributed by atoms with Gasteiger partial charge in [0, 0.05) is 6.42 Å². The Morgan fingerprint density at radius 2 is 1.40 bits per heavy atom. The van der Waals surface area contributed by atoms with Gasteiger partial charge in [0.15, 0.2) is 0 Å². The molecule has 0 spiro atoms. The van der Waals surface area contributed by atoms with Crippen molar-refractivity contribution in [3.05, 3.63) is 12.2 Å². The fraction of sp³-hybridized carbons (Fsp3) is 0.842. The van der Waals surface area contributed by atoms with Crippen molar-refractivity contribution >= 4 is 6.29 Å². The standard InChI is InChI=1S/C19H36O/c1-3-4-13-16-19(2)17-14-11-9-7-5-6-8-10-12-15-18-20/h9,11,18-19H,3-8,10,12-17H2,1-2H3/b11-9-. The summed E-state index contributed by atoms with van der Waals surface area (Å²) in [5.41, 5.74) is 0. The molecule has 0 radical (unpaired) electrons. The zero-order valence-corrected chi connectivity index (χ0v) is 13.9. The molecule has 0 aromatic carbocycles. The average molecular weight is 280 g/mol. The first-order valence-electron chi connectivity index (χ1n) is 8.89. The lowest BCUT2D eigenvalue weighted by atomic mass is 9.98. The van der Waals surface area contributed by atoms with E-state index in [9.17, 15) is 4.79 Å². The summed E-state index contributed by atoms with van der Waals surface area (Å²) >= 11 is 0. The van der Waals surface area contributed by atoms with Gasteiger partial charge in [-0.15, -0.1) is 0 Å². The van der Waals surface area contributed by atoms with Crippen LogP contribution in [0.4, 0.5) is 0 Å². The molecule has 0 saturated heterocycles. The molecule has 1 heteroatoms. The Kier molecular flexibility index (Phi) is 16.0. The largest absolute Gasteiger partial charge is 0.303 e. The molecule has 20 heavy (non-hydrogen) atoms. The molecule has 0 N–H and O–H groups in total. The van der Waals surface area contributed by atoms with Crippen molar-refractivity contribution in [3.63, 3.8) is 0 Å². The Labute approximate surface area is 127 Å². The summed E-state index contributed by atoms with van der Waals surface area (Å²) in [6.45, 7) is 4.67. The van der Waals surface area contributed by atoms with Gasteiger partial charge in [0.2, 0.25) is 0 Å². The fourth-order valence-corrected chi connectivity index (χ4v) is 2.52. The maximum atomic E-state index is 10.2. The minimum atomic E-state index is 0.746. The third-order valence-electron chi connectivity index (χ3n) is 3.99. The monoisotopic (exact) mass is 280 g/mol. The summed E-state index contributed by atoms with van der Waals surface area (Å²) < 4.78 is 0. The first-order chi connectivity index (χ1) is 9.81. The molecule has 0 aliphatic carbocycles. The van der Waals surface area contributed by atoms with Crippen molar-refractivity contribution in [2.45, 2.75) is 97.3 Å². The summed E-state index contributed by atoms with van der Waals surface area (Å²) in [5.74, 6) is 0.893. The van der Waals surface area contributed by atoms with Gasteiger partial charge in [0.05, 0.1) is 0 Å². The van der Waals surface area contributed by atoms with E-state index in [2.05, 4.69) is 26.0 Å². The first kappa shape index (κ1) is 19.4. The molecule has 1 unspecified atom stereocenters. The molecule has 1 nitrogen and oxygen atoms in total. The minimum absolute atomic E-state index is 0.746. The van der Waals surface area contributed by atoms with Gasteiger partial charge >= 0.3 is 0 Å². The van der Waals surface area contributed by atoms with Crippen molar-refractivity contribution in [2.24, 2.45) is 5.92 Å². The van der Waals surface area contributed by atoms with Crippen molar-refractivity contribution in [3.8, 4) is 0 Å².